The van der Waals surface area contributed by atoms with Crippen molar-refractivity contribution in [2.75, 3.05) is 39.3 Å². The number of aliphatic hydroxyl groups is 1. The summed E-state index contributed by atoms with van der Waals surface area (Å²) in [6.45, 7) is 21.4. The predicted molar refractivity (Wildman–Crippen MR) is 204 cm³/mol. The van der Waals surface area contributed by atoms with Crippen LogP contribution in [0.4, 0.5) is 0 Å². The van der Waals surface area contributed by atoms with Gasteiger partial charge < -0.3 is 14.7 Å². The van der Waals surface area contributed by atoms with E-state index in [9.17, 15) is 14.7 Å². The highest BCUT2D eigenvalue weighted by Crippen LogP contribution is 2.75. The lowest BCUT2D eigenvalue weighted by Crippen LogP contribution is -2.65. The van der Waals surface area contributed by atoms with E-state index in [-0.39, 0.29) is 45.6 Å². The van der Waals surface area contributed by atoms with Crippen molar-refractivity contribution < 1.29 is 19.4 Å². The summed E-state index contributed by atoms with van der Waals surface area (Å²) in [6.07, 6.45) is 15.5. The molecule has 280 valence electrons. The molecule has 0 radical (unpaired) electrons. The van der Waals surface area contributed by atoms with Crippen LogP contribution in [0.1, 0.15) is 112 Å². The molecule has 0 aromatic heterocycles. The SMILES string of the molecule is CC1CCC2(C(=O)OCCN3CCN(C(=O)/C=C\c4ccccc4)CC3)CCC3(C)C(=CCC4C5(C)CCC(O)C(C)(C)C5CCC43C)C2C1C. The van der Waals surface area contributed by atoms with E-state index >= 15 is 0 Å². The van der Waals surface area contributed by atoms with Gasteiger partial charge in [-0.1, -0.05) is 90.4 Å². The summed E-state index contributed by atoms with van der Waals surface area (Å²) in [4.78, 5) is 31.6. The Morgan fingerprint density at radius 3 is 2.33 bits per heavy atom. The largest absolute Gasteiger partial charge is 0.464 e. The standard InChI is InChI=1S/C45H66N2O4/c1-31-17-22-45(40(50)51-30-29-46-25-27-47(28-26-46)38(49)16-13-33-11-9-8-10-12-33)24-23-43(6)34(39(45)32(31)2)14-15-36-42(5)20-19-37(48)41(3,4)35(42)18-21-44(36,43)7/h8-14,16,31-32,35-37,39,48H,15,17-30H2,1-7H3/b16-13-. The summed E-state index contributed by atoms with van der Waals surface area (Å²) in [5.74, 6) is 2.49. The predicted octanol–water partition coefficient (Wildman–Crippen LogP) is 8.41. The molecule has 1 saturated heterocycles. The van der Waals surface area contributed by atoms with Gasteiger partial charge in [0.1, 0.15) is 6.61 Å². The van der Waals surface area contributed by atoms with Crippen LogP contribution in [0.25, 0.3) is 6.08 Å². The van der Waals surface area contributed by atoms with Gasteiger partial charge in [-0.3, -0.25) is 14.5 Å². The lowest BCUT2D eigenvalue weighted by atomic mass is 9.33. The zero-order valence-electron chi connectivity index (χ0n) is 32.8. The fourth-order valence-corrected chi connectivity index (χ4v) is 13.3. The third kappa shape index (κ3) is 5.88. The Morgan fingerprint density at radius 1 is 0.882 bits per heavy atom. The van der Waals surface area contributed by atoms with E-state index in [1.807, 2.05) is 41.3 Å². The first-order valence-corrected chi connectivity index (χ1v) is 20.5. The molecule has 1 aromatic rings. The number of aliphatic hydroxyl groups excluding tert-OH is 1. The van der Waals surface area contributed by atoms with Crippen LogP contribution in [0, 0.1) is 56.7 Å². The number of carbonyl (C=O) groups is 2. The number of piperazine rings is 1. The Bertz CT molecular complexity index is 1530. The molecule has 51 heavy (non-hydrogen) atoms. The lowest BCUT2D eigenvalue weighted by molar-refractivity contribution is -0.207. The fourth-order valence-electron chi connectivity index (χ4n) is 13.3. The number of nitrogens with zero attached hydrogens (tertiary/aromatic N) is 2. The molecule has 5 aliphatic carbocycles. The van der Waals surface area contributed by atoms with E-state index in [4.69, 9.17) is 4.74 Å². The number of hydrogen-bond acceptors (Lipinski definition) is 5. The van der Waals surface area contributed by atoms with E-state index in [0.717, 1.165) is 63.6 Å². The highest BCUT2D eigenvalue weighted by Gasteiger charge is 2.69. The number of rotatable bonds is 6. The van der Waals surface area contributed by atoms with Crippen LogP contribution in [0.15, 0.2) is 48.1 Å². The van der Waals surface area contributed by atoms with Gasteiger partial charge in [-0.2, -0.15) is 0 Å². The highest BCUT2D eigenvalue weighted by molar-refractivity contribution is 5.91. The summed E-state index contributed by atoms with van der Waals surface area (Å²) in [7, 11) is 0. The number of ether oxygens (including phenoxy) is 1. The average molecular weight is 699 g/mol. The minimum absolute atomic E-state index is 0.0417. The van der Waals surface area contributed by atoms with Crippen LogP contribution in [-0.4, -0.2) is 72.2 Å². The molecular formula is C45H66N2O4. The molecule has 1 amide bonds. The van der Waals surface area contributed by atoms with E-state index in [1.54, 1.807) is 11.6 Å². The summed E-state index contributed by atoms with van der Waals surface area (Å²) >= 11 is 0. The summed E-state index contributed by atoms with van der Waals surface area (Å²) in [6, 6.07) is 9.95. The number of amides is 1. The van der Waals surface area contributed by atoms with Crippen molar-refractivity contribution in [3.63, 3.8) is 0 Å². The molecule has 10 atom stereocenters. The number of carbonyl (C=O) groups excluding carboxylic acids is 2. The number of benzene rings is 1. The van der Waals surface area contributed by atoms with Crippen LogP contribution < -0.4 is 0 Å². The molecule has 4 saturated carbocycles. The zero-order valence-corrected chi connectivity index (χ0v) is 32.8. The maximum atomic E-state index is 14.5. The van der Waals surface area contributed by atoms with Gasteiger partial charge in [0.25, 0.3) is 0 Å². The van der Waals surface area contributed by atoms with Crippen LogP contribution >= 0.6 is 0 Å². The van der Waals surface area contributed by atoms with Gasteiger partial charge in [-0.05, 0) is 121 Å². The number of hydrogen-bond donors (Lipinski definition) is 1. The zero-order chi connectivity index (χ0) is 36.4. The second-order valence-corrected chi connectivity index (χ2v) is 19.2. The molecule has 7 rings (SSSR count). The molecule has 1 N–H and O–H groups in total. The molecule has 6 nitrogen and oxygen atoms in total. The van der Waals surface area contributed by atoms with Crippen molar-refractivity contribution in [3.05, 3.63) is 53.6 Å². The van der Waals surface area contributed by atoms with Gasteiger partial charge in [0.05, 0.1) is 11.5 Å². The third-order valence-corrected chi connectivity index (χ3v) is 16.9. The van der Waals surface area contributed by atoms with Crippen molar-refractivity contribution in [2.45, 2.75) is 112 Å². The Balaban J connectivity index is 1.03. The lowest BCUT2D eigenvalue weighted by Gasteiger charge is -2.71. The fraction of sp³-hybridized carbons (Fsp3) is 0.733. The summed E-state index contributed by atoms with van der Waals surface area (Å²) in [5, 5.41) is 11.1. The van der Waals surface area contributed by atoms with E-state index in [1.165, 1.54) is 12.8 Å². The van der Waals surface area contributed by atoms with Crippen molar-refractivity contribution in [1.82, 2.24) is 9.80 Å². The molecule has 1 aromatic carbocycles. The maximum absolute atomic E-state index is 14.5. The smallest absolute Gasteiger partial charge is 0.312 e. The van der Waals surface area contributed by atoms with Crippen LogP contribution in [0.2, 0.25) is 0 Å². The van der Waals surface area contributed by atoms with E-state index < -0.39 is 5.41 Å². The second kappa shape index (κ2) is 13.4. The monoisotopic (exact) mass is 699 g/mol. The van der Waals surface area contributed by atoms with Crippen molar-refractivity contribution >= 4 is 18.0 Å². The molecule has 6 aliphatic rings. The van der Waals surface area contributed by atoms with Gasteiger partial charge in [0.2, 0.25) is 5.91 Å². The molecule has 1 aliphatic heterocycles. The first-order chi connectivity index (χ1) is 24.2. The van der Waals surface area contributed by atoms with Crippen LogP contribution in [0.5, 0.6) is 0 Å². The van der Waals surface area contributed by atoms with Gasteiger partial charge in [0, 0.05) is 38.8 Å². The van der Waals surface area contributed by atoms with Crippen LogP contribution in [-0.2, 0) is 14.3 Å². The average Bonchev–Trinajstić information content (AvgIpc) is 3.11. The van der Waals surface area contributed by atoms with Gasteiger partial charge in [-0.25, -0.2) is 0 Å². The minimum atomic E-state index is -0.436. The van der Waals surface area contributed by atoms with Gasteiger partial charge in [0.15, 0.2) is 0 Å². The van der Waals surface area contributed by atoms with Crippen LogP contribution in [0.3, 0.4) is 0 Å². The Morgan fingerprint density at radius 2 is 1.61 bits per heavy atom. The molecular weight excluding hydrogens is 633 g/mol. The Labute approximate surface area is 308 Å². The Hall–Kier alpha value is -2.44. The topological polar surface area (TPSA) is 70.1 Å². The molecule has 0 bridgehead atoms. The second-order valence-electron chi connectivity index (χ2n) is 19.2. The first kappa shape index (κ1) is 36.9. The number of fused-ring (bicyclic) bond motifs is 7. The van der Waals surface area contributed by atoms with Crippen molar-refractivity contribution in [1.29, 1.82) is 0 Å². The normalized spacial score (nSPS) is 42.2. The van der Waals surface area contributed by atoms with Gasteiger partial charge >= 0.3 is 5.97 Å². The third-order valence-electron chi connectivity index (χ3n) is 16.9. The molecule has 0 spiro atoms. The maximum Gasteiger partial charge on any atom is 0.312 e. The van der Waals surface area contributed by atoms with E-state index in [0.29, 0.717) is 49.9 Å². The summed E-state index contributed by atoms with van der Waals surface area (Å²) in [5.41, 5.74) is 2.59. The quantitative estimate of drug-likeness (QED) is 0.184. The molecule has 5 fully saturated rings. The first-order valence-electron chi connectivity index (χ1n) is 20.5. The molecule has 10 unspecified atom stereocenters. The van der Waals surface area contributed by atoms with Gasteiger partial charge in [-0.15, -0.1) is 0 Å². The number of allylic oxidation sites excluding steroid dienone is 2. The molecule has 6 heteroatoms. The minimum Gasteiger partial charge on any atom is -0.464 e. The van der Waals surface area contributed by atoms with Crippen molar-refractivity contribution in [2.24, 2.45) is 56.7 Å². The Kier molecular flexibility index (Phi) is 9.73. The summed E-state index contributed by atoms with van der Waals surface area (Å²) < 4.78 is 6.33. The number of esters is 1. The molecule has 1 heterocycles. The highest BCUT2D eigenvalue weighted by atomic mass is 16.5. The van der Waals surface area contributed by atoms with Crippen molar-refractivity contribution in [3.8, 4) is 0 Å². The van der Waals surface area contributed by atoms with E-state index in [2.05, 4.69) is 59.4 Å².